The van der Waals surface area contributed by atoms with Gasteiger partial charge in [-0.15, -0.1) is 5.10 Å². The van der Waals surface area contributed by atoms with Crippen LogP contribution >= 0.6 is 0 Å². The number of benzene rings is 2. The van der Waals surface area contributed by atoms with Crippen molar-refractivity contribution < 1.29 is 9.32 Å². The first-order valence-corrected chi connectivity index (χ1v) is 10.2. The molecule has 0 aliphatic carbocycles. The summed E-state index contributed by atoms with van der Waals surface area (Å²) < 4.78 is 7.05. The fourth-order valence-electron chi connectivity index (χ4n) is 3.50. The van der Waals surface area contributed by atoms with Gasteiger partial charge < -0.3 is 9.84 Å². The molecule has 5 aromatic rings. The molecule has 0 saturated carbocycles. The van der Waals surface area contributed by atoms with E-state index in [2.05, 4.69) is 25.8 Å². The standard InChI is InChI=1S/C24H20N6O2/c1-15-8-10-17(11-9-15)21-12-20(22-16(2)28-32-24(22)26-21)23(31)25-13-18-14-30(29-27-18)19-6-4-3-5-7-19/h3-12,14H,13H2,1-2H3,(H,25,31). The lowest BCUT2D eigenvalue weighted by Crippen LogP contribution is -2.23. The van der Waals surface area contributed by atoms with Crippen LogP contribution in [0.2, 0.25) is 0 Å². The van der Waals surface area contributed by atoms with Crippen LogP contribution < -0.4 is 5.32 Å². The van der Waals surface area contributed by atoms with Crippen molar-refractivity contribution in [2.24, 2.45) is 0 Å². The monoisotopic (exact) mass is 424 g/mol. The first-order valence-electron chi connectivity index (χ1n) is 10.2. The maximum atomic E-state index is 13.1. The molecule has 0 aliphatic heterocycles. The third-order valence-corrected chi connectivity index (χ3v) is 5.20. The van der Waals surface area contributed by atoms with E-state index in [9.17, 15) is 4.79 Å². The van der Waals surface area contributed by atoms with Gasteiger partial charge in [0.1, 0.15) is 5.69 Å². The Hall–Kier alpha value is -4.33. The number of nitrogens with one attached hydrogen (secondary N) is 1. The molecular weight excluding hydrogens is 404 g/mol. The summed E-state index contributed by atoms with van der Waals surface area (Å²) >= 11 is 0. The highest BCUT2D eigenvalue weighted by Crippen LogP contribution is 2.27. The highest BCUT2D eigenvalue weighted by Gasteiger charge is 2.19. The summed E-state index contributed by atoms with van der Waals surface area (Å²) in [7, 11) is 0. The summed E-state index contributed by atoms with van der Waals surface area (Å²) in [5, 5.41) is 15.8. The van der Waals surface area contributed by atoms with Gasteiger partial charge in [-0.25, -0.2) is 9.67 Å². The summed E-state index contributed by atoms with van der Waals surface area (Å²) in [5.74, 6) is -0.258. The molecule has 0 bridgehead atoms. The molecule has 0 spiro atoms. The number of carbonyl (C=O) groups excluding carboxylic acids is 1. The Morgan fingerprint density at radius 1 is 1.06 bits per heavy atom. The van der Waals surface area contributed by atoms with E-state index in [1.807, 2.05) is 61.5 Å². The Balaban J connectivity index is 1.42. The van der Waals surface area contributed by atoms with E-state index in [-0.39, 0.29) is 12.5 Å². The number of aromatic nitrogens is 5. The molecular formula is C24H20N6O2. The zero-order valence-corrected chi connectivity index (χ0v) is 17.6. The normalized spacial score (nSPS) is 11.1. The molecule has 0 aliphatic rings. The molecule has 3 heterocycles. The molecule has 158 valence electrons. The van der Waals surface area contributed by atoms with Crippen molar-refractivity contribution in [3.63, 3.8) is 0 Å². The predicted molar refractivity (Wildman–Crippen MR) is 119 cm³/mol. The number of hydrogen-bond donors (Lipinski definition) is 1. The number of fused-ring (bicyclic) bond motifs is 1. The van der Waals surface area contributed by atoms with Gasteiger partial charge in [-0.3, -0.25) is 4.79 Å². The second kappa shape index (κ2) is 8.07. The Labute approximate surface area is 183 Å². The van der Waals surface area contributed by atoms with Crippen LogP contribution in [-0.2, 0) is 6.54 Å². The zero-order valence-electron chi connectivity index (χ0n) is 17.6. The largest absolute Gasteiger partial charge is 0.346 e. The Bertz CT molecular complexity index is 1400. The topological polar surface area (TPSA) is 98.7 Å². The first kappa shape index (κ1) is 19.6. The van der Waals surface area contributed by atoms with Gasteiger partial charge in [0, 0.05) is 5.56 Å². The maximum absolute atomic E-state index is 13.1. The minimum absolute atomic E-state index is 0.236. The Morgan fingerprint density at radius 3 is 2.62 bits per heavy atom. The third kappa shape index (κ3) is 3.74. The minimum atomic E-state index is -0.258. The number of carbonyl (C=O) groups is 1. The van der Waals surface area contributed by atoms with Crippen molar-refractivity contribution in [3.05, 3.63) is 89.4 Å². The molecule has 8 heteroatoms. The molecule has 0 fully saturated rings. The van der Waals surface area contributed by atoms with E-state index in [4.69, 9.17) is 4.52 Å². The van der Waals surface area contributed by atoms with Crippen molar-refractivity contribution in [2.45, 2.75) is 20.4 Å². The molecule has 1 amide bonds. The van der Waals surface area contributed by atoms with Crippen LogP contribution in [0.15, 0.2) is 71.4 Å². The number of amides is 1. The minimum Gasteiger partial charge on any atom is -0.346 e. The smallest absolute Gasteiger partial charge is 0.259 e. The molecule has 3 aromatic heterocycles. The molecule has 0 unspecified atom stereocenters. The predicted octanol–water partition coefficient (Wildman–Crippen LogP) is 4.02. The van der Waals surface area contributed by atoms with Crippen molar-refractivity contribution in [1.82, 2.24) is 30.5 Å². The first-order chi connectivity index (χ1) is 15.6. The number of nitrogens with zero attached hydrogens (tertiary/aromatic N) is 5. The van der Waals surface area contributed by atoms with E-state index in [1.54, 1.807) is 23.9 Å². The van der Waals surface area contributed by atoms with E-state index in [1.165, 1.54) is 0 Å². The molecule has 2 aromatic carbocycles. The van der Waals surface area contributed by atoms with E-state index >= 15 is 0 Å². The second-order valence-electron chi connectivity index (χ2n) is 7.54. The molecule has 1 N–H and O–H groups in total. The highest BCUT2D eigenvalue weighted by molar-refractivity contribution is 6.06. The number of pyridine rings is 1. The lowest BCUT2D eigenvalue weighted by atomic mass is 10.0. The highest BCUT2D eigenvalue weighted by atomic mass is 16.5. The number of rotatable bonds is 5. The van der Waals surface area contributed by atoms with Gasteiger partial charge in [-0.05, 0) is 32.0 Å². The van der Waals surface area contributed by atoms with Crippen LogP contribution in [-0.4, -0.2) is 31.0 Å². The number of para-hydroxylation sites is 1. The zero-order chi connectivity index (χ0) is 22.1. The molecule has 0 saturated heterocycles. The number of hydrogen-bond acceptors (Lipinski definition) is 6. The SMILES string of the molecule is Cc1ccc(-c2cc(C(=O)NCc3cn(-c4ccccc4)nn3)c3c(C)noc3n2)cc1. The average molecular weight is 424 g/mol. The van der Waals surface area contributed by atoms with E-state index in [0.717, 1.165) is 16.8 Å². The average Bonchev–Trinajstić information content (AvgIpc) is 3.45. The van der Waals surface area contributed by atoms with E-state index in [0.29, 0.717) is 33.7 Å². The Kier molecular flexibility index (Phi) is 4.95. The van der Waals surface area contributed by atoms with Gasteiger partial charge in [-0.2, -0.15) is 0 Å². The van der Waals surface area contributed by atoms with Gasteiger partial charge in [-0.1, -0.05) is 58.4 Å². The van der Waals surface area contributed by atoms with Gasteiger partial charge in [0.25, 0.3) is 11.6 Å². The van der Waals surface area contributed by atoms with Gasteiger partial charge in [0.05, 0.1) is 40.8 Å². The van der Waals surface area contributed by atoms with Crippen LogP contribution in [0.5, 0.6) is 0 Å². The van der Waals surface area contributed by atoms with Gasteiger partial charge >= 0.3 is 0 Å². The second-order valence-corrected chi connectivity index (χ2v) is 7.54. The summed E-state index contributed by atoms with van der Waals surface area (Å²) in [6.07, 6.45) is 1.79. The maximum Gasteiger partial charge on any atom is 0.259 e. The summed E-state index contributed by atoms with van der Waals surface area (Å²) in [4.78, 5) is 17.7. The van der Waals surface area contributed by atoms with Gasteiger partial charge in [0.2, 0.25) is 0 Å². The van der Waals surface area contributed by atoms with Crippen LogP contribution in [0.4, 0.5) is 0 Å². The fourth-order valence-corrected chi connectivity index (χ4v) is 3.50. The summed E-state index contributed by atoms with van der Waals surface area (Å²) in [6, 6.07) is 19.4. The molecule has 8 nitrogen and oxygen atoms in total. The number of aryl methyl sites for hydroxylation is 2. The molecule has 0 atom stereocenters. The summed E-state index contributed by atoms with van der Waals surface area (Å²) in [5.41, 5.74) is 5.64. The lowest BCUT2D eigenvalue weighted by molar-refractivity contribution is 0.0952. The van der Waals surface area contributed by atoms with Crippen molar-refractivity contribution in [3.8, 4) is 16.9 Å². The van der Waals surface area contributed by atoms with Crippen LogP contribution in [0.1, 0.15) is 27.3 Å². The van der Waals surface area contributed by atoms with Crippen LogP contribution in [0, 0.1) is 13.8 Å². The third-order valence-electron chi connectivity index (χ3n) is 5.20. The van der Waals surface area contributed by atoms with Crippen LogP contribution in [0.25, 0.3) is 28.0 Å². The van der Waals surface area contributed by atoms with Crippen LogP contribution in [0.3, 0.4) is 0 Å². The fraction of sp³-hybridized carbons (Fsp3) is 0.125. The Morgan fingerprint density at radius 2 is 1.84 bits per heavy atom. The molecule has 32 heavy (non-hydrogen) atoms. The van der Waals surface area contributed by atoms with Crippen molar-refractivity contribution >= 4 is 17.0 Å². The lowest BCUT2D eigenvalue weighted by Gasteiger charge is -2.08. The van der Waals surface area contributed by atoms with Gasteiger partial charge in [0.15, 0.2) is 0 Å². The van der Waals surface area contributed by atoms with Crippen molar-refractivity contribution in [1.29, 1.82) is 0 Å². The quantitative estimate of drug-likeness (QED) is 0.458. The summed E-state index contributed by atoms with van der Waals surface area (Å²) in [6.45, 7) is 4.05. The molecule has 5 rings (SSSR count). The van der Waals surface area contributed by atoms with Crippen molar-refractivity contribution in [2.75, 3.05) is 0 Å². The van der Waals surface area contributed by atoms with E-state index < -0.39 is 0 Å². The molecule has 0 radical (unpaired) electrons.